The summed E-state index contributed by atoms with van der Waals surface area (Å²) in [4.78, 5) is 8.63. The predicted octanol–water partition coefficient (Wildman–Crippen LogP) is 4.66. The fourth-order valence-corrected chi connectivity index (χ4v) is 3.74. The average molecular weight is 394 g/mol. The van der Waals surface area contributed by atoms with Gasteiger partial charge in [0.2, 0.25) is 0 Å². The Morgan fingerprint density at radius 1 is 1.04 bits per heavy atom. The molecule has 2 aromatic carbocycles. The first-order valence-electron chi connectivity index (χ1n) is 8.18. The van der Waals surface area contributed by atoms with Crippen LogP contribution in [0.25, 0.3) is 26.8 Å². The van der Waals surface area contributed by atoms with Crippen molar-refractivity contribution in [2.75, 3.05) is 0 Å². The molecule has 0 aliphatic rings. The first kappa shape index (κ1) is 16.2. The van der Waals surface area contributed by atoms with Crippen molar-refractivity contribution in [1.82, 2.24) is 25.0 Å². The molecule has 132 valence electrons. The van der Waals surface area contributed by atoms with E-state index in [4.69, 9.17) is 16.3 Å². The van der Waals surface area contributed by atoms with Crippen LogP contribution in [-0.2, 0) is 6.61 Å². The molecule has 0 fully saturated rings. The van der Waals surface area contributed by atoms with E-state index < -0.39 is 0 Å². The molecular weight excluding hydrogens is 382 g/mol. The Morgan fingerprint density at radius 2 is 2.00 bits per heavy atom. The van der Waals surface area contributed by atoms with E-state index in [-0.39, 0.29) is 0 Å². The third-order valence-electron chi connectivity index (χ3n) is 4.16. The lowest BCUT2D eigenvalue weighted by Crippen LogP contribution is -1.97. The van der Waals surface area contributed by atoms with E-state index >= 15 is 0 Å². The molecule has 0 spiro atoms. The molecule has 0 unspecified atom stereocenters. The summed E-state index contributed by atoms with van der Waals surface area (Å²) in [7, 11) is 0. The van der Waals surface area contributed by atoms with Crippen LogP contribution in [0.15, 0.2) is 60.4 Å². The van der Waals surface area contributed by atoms with Crippen molar-refractivity contribution in [2.24, 2.45) is 0 Å². The normalized spacial score (nSPS) is 11.3. The van der Waals surface area contributed by atoms with Gasteiger partial charge in [0.05, 0.1) is 33.1 Å². The van der Waals surface area contributed by atoms with Crippen molar-refractivity contribution in [3.63, 3.8) is 0 Å². The Balaban J connectivity index is 1.40. The van der Waals surface area contributed by atoms with Crippen LogP contribution >= 0.6 is 22.9 Å². The summed E-state index contributed by atoms with van der Waals surface area (Å²) < 4.78 is 8.68. The van der Waals surface area contributed by atoms with Crippen molar-refractivity contribution in [2.45, 2.75) is 6.61 Å². The molecule has 5 aromatic rings. The number of halogens is 1. The third-order valence-corrected chi connectivity index (χ3v) is 5.19. The van der Waals surface area contributed by atoms with Crippen molar-refractivity contribution >= 4 is 44.1 Å². The molecule has 8 heteroatoms. The minimum atomic E-state index is 0.332. The van der Waals surface area contributed by atoms with Gasteiger partial charge in [0.25, 0.3) is 0 Å². The fourth-order valence-electron chi connectivity index (χ4n) is 2.87. The number of thiazole rings is 1. The van der Waals surface area contributed by atoms with Crippen LogP contribution in [0, 0.1) is 0 Å². The maximum Gasteiger partial charge on any atom is 0.134 e. The zero-order valence-electron chi connectivity index (χ0n) is 13.9. The smallest absolute Gasteiger partial charge is 0.134 e. The molecule has 0 aliphatic heterocycles. The minimum Gasteiger partial charge on any atom is -0.487 e. The van der Waals surface area contributed by atoms with Gasteiger partial charge in [0.1, 0.15) is 18.1 Å². The number of nitrogens with zero attached hydrogens (tertiary/aromatic N) is 5. The zero-order chi connectivity index (χ0) is 18.2. The summed E-state index contributed by atoms with van der Waals surface area (Å²) in [6, 6.07) is 13.3. The molecule has 3 aromatic heterocycles. The molecule has 0 bridgehead atoms. The summed E-state index contributed by atoms with van der Waals surface area (Å²) >= 11 is 7.64. The predicted molar refractivity (Wildman–Crippen MR) is 106 cm³/mol. The van der Waals surface area contributed by atoms with Crippen LogP contribution < -0.4 is 4.74 Å². The van der Waals surface area contributed by atoms with Gasteiger partial charge in [-0.2, -0.15) is 0 Å². The SMILES string of the molecule is Clc1ccc2c(-n3cc(COc4ccc5ncsc5c4)nn3)ccnc2c1. The van der Waals surface area contributed by atoms with Crippen LogP contribution in [0.5, 0.6) is 5.75 Å². The molecule has 0 amide bonds. The van der Waals surface area contributed by atoms with Crippen LogP contribution in [0.2, 0.25) is 5.02 Å². The van der Waals surface area contributed by atoms with Gasteiger partial charge in [-0.25, -0.2) is 9.67 Å². The van der Waals surface area contributed by atoms with Crippen LogP contribution in [0.4, 0.5) is 0 Å². The Hall–Kier alpha value is -3.03. The standard InChI is InChI=1S/C19H12ClN5OS/c20-12-1-3-15-17(7-12)21-6-5-18(15)25-9-13(23-24-25)10-26-14-2-4-16-19(8-14)27-11-22-16/h1-9,11H,10H2. The number of hydrogen-bond acceptors (Lipinski definition) is 6. The number of hydrogen-bond donors (Lipinski definition) is 0. The summed E-state index contributed by atoms with van der Waals surface area (Å²) in [6.45, 7) is 0.332. The van der Waals surface area contributed by atoms with E-state index in [0.29, 0.717) is 11.6 Å². The molecule has 3 heterocycles. The molecule has 0 saturated carbocycles. The van der Waals surface area contributed by atoms with Crippen LogP contribution in [0.1, 0.15) is 5.69 Å². The molecular formula is C19H12ClN5OS. The largest absolute Gasteiger partial charge is 0.487 e. The molecule has 0 radical (unpaired) electrons. The maximum atomic E-state index is 6.06. The number of pyridine rings is 1. The monoisotopic (exact) mass is 393 g/mol. The molecule has 5 rings (SSSR count). The van der Waals surface area contributed by atoms with Crippen molar-refractivity contribution < 1.29 is 4.74 Å². The molecule has 0 aliphatic carbocycles. The second kappa shape index (κ2) is 6.61. The molecule has 0 N–H and O–H groups in total. The van der Waals surface area contributed by atoms with Gasteiger partial charge in [-0.05, 0) is 42.5 Å². The van der Waals surface area contributed by atoms with Crippen LogP contribution in [-0.4, -0.2) is 25.0 Å². The molecule has 27 heavy (non-hydrogen) atoms. The lowest BCUT2D eigenvalue weighted by Gasteiger charge is -2.05. The average Bonchev–Trinajstić information content (AvgIpc) is 3.34. The van der Waals surface area contributed by atoms with E-state index in [1.54, 1.807) is 22.2 Å². The first-order valence-corrected chi connectivity index (χ1v) is 9.44. The summed E-state index contributed by atoms with van der Waals surface area (Å²) in [5.41, 5.74) is 5.24. The zero-order valence-corrected chi connectivity index (χ0v) is 15.5. The quantitative estimate of drug-likeness (QED) is 0.444. The number of rotatable bonds is 4. The molecule has 6 nitrogen and oxygen atoms in total. The lowest BCUT2D eigenvalue weighted by molar-refractivity contribution is 0.301. The summed E-state index contributed by atoms with van der Waals surface area (Å²) in [5, 5.41) is 10.1. The summed E-state index contributed by atoms with van der Waals surface area (Å²) in [5.74, 6) is 0.783. The van der Waals surface area contributed by atoms with E-state index in [1.807, 2.05) is 54.2 Å². The molecule has 0 atom stereocenters. The van der Waals surface area contributed by atoms with Gasteiger partial charge >= 0.3 is 0 Å². The highest BCUT2D eigenvalue weighted by atomic mass is 35.5. The van der Waals surface area contributed by atoms with Gasteiger partial charge in [0, 0.05) is 16.6 Å². The minimum absolute atomic E-state index is 0.332. The van der Waals surface area contributed by atoms with E-state index in [1.165, 1.54) is 0 Å². The first-order chi connectivity index (χ1) is 13.3. The highest BCUT2D eigenvalue weighted by molar-refractivity contribution is 7.16. The maximum absolute atomic E-state index is 6.06. The lowest BCUT2D eigenvalue weighted by atomic mass is 10.2. The molecule has 0 saturated heterocycles. The number of fused-ring (bicyclic) bond motifs is 2. The van der Waals surface area contributed by atoms with E-state index in [9.17, 15) is 0 Å². The third kappa shape index (κ3) is 3.11. The second-order valence-electron chi connectivity index (χ2n) is 5.92. The Bertz CT molecular complexity index is 1270. The van der Waals surface area contributed by atoms with Gasteiger partial charge in [-0.15, -0.1) is 16.4 Å². The highest BCUT2D eigenvalue weighted by Crippen LogP contribution is 2.25. The second-order valence-corrected chi connectivity index (χ2v) is 7.24. The van der Waals surface area contributed by atoms with E-state index in [0.717, 1.165) is 38.3 Å². The number of benzene rings is 2. The Labute approximate surface area is 163 Å². The topological polar surface area (TPSA) is 65.7 Å². The summed E-state index contributed by atoms with van der Waals surface area (Å²) in [6.07, 6.45) is 3.59. The number of ether oxygens (including phenoxy) is 1. The van der Waals surface area contributed by atoms with Gasteiger partial charge in [-0.1, -0.05) is 16.8 Å². The van der Waals surface area contributed by atoms with Gasteiger partial charge < -0.3 is 4.74 Å². The Morgan fingerprint density at radius 3 is 2.96 bits per heavy atom. The van der Waals surface area contributed by atoms with Crippen molar-refractivity contribution in [3.8, 4) is 11.4 Å². The van der Waals surface area contributed by atoms with E-state index in [2.05, 4.69) is 20.3 Å². The fraction of sp³-hybridized carbons (Fsp3) is 0.0526. The van der Waals surface area contributed by atoms with Crippen LogP contribution in [0.3, 0.4) is 0 Å². The van der Waals surface area contributed by atoms with Crippen molar-refractivity contribution in [1.29, 1.82) is 0 Å². The number of aromatic nitrogens is 5. The Kier molecular flexibility index (Phi) is 3.95. The highest BCUT2D eigenvalue weighted by Gasteiger charge is 2.09. The van der Waals surface area contributed by atoms with Gasteiger partial charge in [-0.3, -0.25) is 4.98 Å². The van der Waals surface area contributed by atoms with Gasteiger partial charge in [0.15, 0.2) is 0 Å². The van der Waals surface area contributed by atoms with Crippen molar-refractivity contribution in [3.05, 3.63) is 71.1 Å².